The Morgan fingerprint density at radius 2 is 1.82 bits per heavy atom. The molecule has 1 heteroatoms. The summed E-state index contributed by atoms with van der Waals surface area (Å²) in [6.07, 6.45) is 1.12. The van der Waals surface area contributed by atoms with Crippen molar-refractivity contribution in [2.75, 3.05) is 6.61 Å². The largest absolute Gasteiger partial charge is 0.493 e. The maximum Gasteiger partial charge on any atom is 0.123 e. The van der Waals surface area contributed by atoms with E-state index in [2.05, 4.69) is 58.9 Å². The Hall–Kier alpha value is -0.980. The molecule has 1 heterocycles. The van der Waals surface area contributed by atoms with Crippen LogP contribution in [0.3, 0.4) is 0 Å². The zero-order valence-electron chi connectivity index (χ0n) is 11.7. The van der Waals surface area contributed by atoms with Gasteiger partial charge in [0.2, 0.25) is 0 Å². The first-order valence-electron chi connectivity index (χ1n) is 6.62. The summed E-state index contributed by atoms with van der Waals surface area (Å²) in [6, 6.07) is 8.56. The Kier molecular flexibility index (Phi) is 2.97. The minimum Gasteiger partial charge on any atom is -0.493 e. The molecule has 1 aliphatic rings. The van der Waals surface area contributed by atoms with Crippen molar-refractivity contribution in [2.45, 2.75) is 46.5 Å². The quantitative estimate of drug-likeness (QED) is 0.697. The fourth-order valence-corrected chi connectivity index (χ4v) is 3.66. The monoisotopic (exact) mass is 232 g/mol. The van der Waals surface area contributed by atoms with E-state index in [-0.39, 0.29) is 10.8 Å². The molecule has 0 saturated heterocycles. The minimum atomic E-state index is 0.224. The van der Waals surface area contributed by atoms with E-state index in [0.717, 1.165) is 18.8 Å². The van der Waals surface area contributed by atoms with Crippen LogP contribution in [0.15, 0.2) is 24.3 Å². The van der Waals surface area contributed by atoms with Crippen LogP contribution in [0, 0.1) is 11.3 Å². The van der Waals surface area contributed by atoms with Crippen molar-refractivity contribution in [1.82, 2.24) is 0 Å². The fourth-order valence-electron chi connectivity index (χ4n) is 3.66. The van der Waals surface area contributed by atoms with E-state index in [1.54, 1.807) is 0 Å². The van der Waals surface area contributed by atoms with Gasteiger partial charge >= 0.3 is 0 Å². The van der Waals surface area contributed by atoms with Crippen LogP contribution in [0.2, 0.25) is 0 Å². The van der Waals surface area contributed by atoms with E-state index < -0.39 is 0 Å². The number of hydrogen-bond donors (Lipinski definition) is 0. The van der Waals surface area contributed by atoms with Crippen molar-refractivity contribution in [3.63, 3.8) is 0 Å². The Bertz CT molecular complexity index is 400. The first-order valence-corrected chi connectivity index (χ1v) is 6.62. The molecule has 0 bridgehead atoms. The second-order valence-electron chi connectivity index (χ2n) is 6.47. The molecule has 1 unspecified atom stereocenters. The van der Waals surface area contributed by atoms with Gasteiger partial charge in [-0.2, -0.15) is 0 Å². The molecule has 94 valence electrons. The van der Waals surface area contributed by atoms with Crippen molar-refractivity contribution < 1.29 is 4.74 Å². The Balaban J connectivity index is 2.64. The number of para-hydroxylation sites is 1. The molecular weight excluding hydrogens is 208 g/mol. The van der Waals surface area contributed by atoms with Crippen molar-refractivity contribution in [1.29, 1.82) is 0 Å². The molecule has 0 N–H and O–H groups in total. The van der Waals surface area contributed by atoms with Gasteiger partial charge in [-0.25, -0.2) is 0 Å². The average molecular weight is 232 g/mol. The molecule has 1 aromatic rings. The van der Waals surface area contributed by atoms with Gasteiger partial charge in [0.25, 0.3) is 0 Å². The first-order chi connectivity index (χ1) is 7.89. The van der Waals surface area contributed by atoms with Crippen LogP contribution in [-0.2, 0) is 5.41 Å². The zero-order valence-corrected chi connectivity index (χ0v) is 11.7. The number of benzene rings is 1. The Morgan fingerprint density at radius 1 is 1.18 bits per heavy atom. The minimum absolute atomic E-state index is 0.224. The van der Waals surface area contributed by atoms with E-state index in [4.69, 9.17) is 4.74 Å². The summed E-state index contributed by atoms with van der Waals surface area (Å²) in [5.41, 5.74) is 1.87. The van der Waals surface area contributed by atoms with Crippen LogP contribution >= 0.6 is 0 Å². The second-order valence-corrected chi connectivity index (χ2v) is 6.47. The molecule has 0 saturated carbocycles. The highest BCUT2D eigenvalue weighted by Crippen LogP contribution is 2.54. The third-order valence-corrected chi connectivity index (χ3v) is 4.45. The summed E-state index contributed by atoms with van der Waals surface area (Å²) in [5.74, 6) is 1.70. The predicted octanol–water partition coefficient (Wildman–Crippen LogP) is 4.41. The zero-order chi connectivity index (χ0) is 12.7. The van der Waals surface area contributed by atoms with Crippen LogP contribution in [0.4, 0.5) is 0 Å². The average Bonchev–Trinajstić information content (AvgIpc) is 2.26. The van der Waals surface area contributed by atoms with E-state index in [1.807, 2.05) is 0 Å². The number of ether oxygens (including phenoxy) is 1. The van der Waals surface area contributed by atoms with Gasteiger partial charge in [0.1, 0.15) is 5.75 Å². The van der Waals surface area contributed by atoms with Crippen LogP contribution in [-0.4, -0.2) is 6.61 Å². The molecular formula is C16H24O. The van der Waals surface area contributed by atoms with Crippen LogP contribution < -0.4 is 4.74 Å². The highest BCUT2D eigenvalue weighted by atomic mass is 16.5. The van der Waals surface area contributed by atoms with E-state index in [1.165, 1.54) is 5.56 Å². The number of rotatable bonds is 1. The van der Waals surface area contributed by atoms with Crippen molar-refractivity contribution in [3.05, 3.63) is 29.8 Å². The van der Waals surface area contributed by atoms with Crippen molar-refractivity contribution in [3.8, 4) is 5.75 Å². The number of fused-ring (bicyclic) bond motifs is 1. The summed E-state index contributed by atoms with van der Waals surface area (Å²) in [7, 11) is 0. The summed E-state index contributed by atoms with van der Waals surface area (Å²) < 4.78 is 5.82. The van der Waals surface area contributed by atoms with E-state index >= 15 is 0 Å². The summed E-state index contributed by atoms with van der Waals surface area (Å²) in [5, 5.41) is 0. The van der Waals surface area contributed by atoms with Crippen LogP contribution in [0.25, 0.3) is 0 Å². The lowest BCUT2D eigenvalue weighted by molar-refractivity contribution is 0.0666. The molecule has 0 aliphatic carbocycles. The summed E-state index contributed by atoms with van der Waals surface area (Å²) in [4.78, 5) is 0. The standard InChI is InChI=1S/C16H24O/c1-12(2)16(15(3,4)5)10-11-17-14-9-7-6-8-13(14)16/h6-9,12H,10-11H2,1-5H3. The maximum atomic E-state index is 5.82. The van der Waals surface area contributed by atoms with Crippen LogP contribution in [0.1, 0.15) is 46.6 Å². The molecule has 17 heavy (non-hydrogen) atoms. The topological polar surface area (TPSA) is 9.23 Å². The molecule has 1 atom stereocenters. The Morgan fingerprint density at radius 3 is 2.41 bits per heavy atom. The Labute approximate surface area is 105 Å². The molecule has 1 aliphatic heterocycles. The molecule has 2 rings (SSSR count). The van der Waals surface area contributed by atoms with Crippen LogP contribution in [0.5, 0.6) is 5.75 Å². The SMILES string of the molecule is CC(C)C1(C(C)(C)C)CCOc2ccccc21. The van der Waals surface area contributed by atoms with Crippen molar-refractivity contribution in [2.24, 2.45) is 11.3 Å². The highest BCUT2D eigenvalue weighted by Gasteiger charge is 2.48. The van der Waals surface area contributed by atoms with Gasteiger partial charge in [-0.05, 0) is 23.8 Å². The third kappa shape index (κ3) is 1.76. The van der Waals surface area contributed by atoms with E-state index in [0.29, 0.717) is 5.92 Å². The lowest BCUT2D eigenvalue weighted by Crippen LogP contribution is -2.48. The van der Waals surface area contributed by atoms with Gasteiger partial charge in [0, 0.05) is 11.0 Å². The lowest BCUT2D eigenvalue weighted by atomic mass is 9.55. The predicted molar refractivity (Wildman–Crippen MR) is 72.5 cm³/mol. The molecule has 0 spiro atoms. The maximum absolute atomic E-state index is 5.82. The van der Waals surface area contributed by atoms with Gasteiger partial charge in [-0.15, -0.1) is 0 Å². The summed E-state index contributed by atoms with van der Waals surface area (Å²) >= 11 is 0. The van der Waals surface area contributed by atoms with Gasteiger partial charge in [-0.3, -0.25) is 0 Å². The lowest BCUT2D eigenvalue weighted by Gasteiger charge is -2.51. The second kappa shape index (κ2) is 4.04. The smallest absolute Gasteiger partial charge is 0.123 e. The molecule has 0 aromatic heterocycles. The molecule has 1 nitrogen and oxygen atoms in total. The van der Waals surface area contributed by atoms with Gasteiger partial charge in [-0.1, -0.05) is 52.8 Å². The molecule has 0 amide bonds. The van der Waals surface area contributed by atoms with E-state index in [9.17, 15) is 0 Å². The third-order valence-electron chi connectivity index (χ3n) is 4.45. The summed E-state index contributed by atoms with van der Waals surface area (Å²) in [6.45, 7) is 12.6. The highest BCUT2D eigenvalue weighted by molar-refractivity contribution is 5.43. The molecule has 0 radical (unpaired) electrons. The first kappa shape index (κ1) is 12.5. The molecule has 0 fully saturated rings. The van der Waals surface area contributed by atoms with Gasteiger partial charge in [0.15, 0.2) is 0 Å². The number of hydrogen-bond acceptors (Lipinski definition) is 1. The van der Waals surface area contributed by atoms with Gasteiger partial charge in [0.05, 0.1) is 6.61 Å². The fraction of sp³-hybridized carbons (Fsp3) is 0.625. The normalized spacial score (nSPS) is 24.4. The molecule has 1 aromatic carbocycles. The van der Waals surface area contributed by atoms with Crippen molar-refractivity contribution >= 4 is 0 Å². The van der Waals surface area contributed by atoms with Gasteiger partial charge < -0.3 is 4.74 Å².